The van der Waals surface area contributed by atoms with E-state index in [0.29, 0.717) is 67.5 Å². The third-order valence-electron chi connectivity index (χ3n) is 7.93. The Bertz CT molecular complexity index is 1410. The molecule has 0 radical (unpaired) electrons. The summed E-state index contributed by atoms with van der Waals surface area (Å²) in [4.78, 5) is 46.3. The summed E-state index contributed by atoms with van der Waals surface area (Å²) >= 11 is 6.31. The molecule has 230 valence electrons. The maximum absolute atomic E-state index is 13.9. The molecule has 2 aromatic carbocycles. The lowest BCUT2D eigenvalue weighted by Gasteiger charge is -2.31. The van der Waals surface area contributed by atoms with Gasteiger partial charge in [-0.1, -0.05) is 41.9 Å². The molecule has 1 aliphatic rings. The number of fused-ring (bicyclic) bond motifs is 1. The van der Waals surface area contributed by atoms with Crippen LogP contribution in [0.4, 0.5) is 0 Å². The fourth-order valence-corrected chi connectivity index (χ4v) is 5.50. The van der Waals surface area contributed by atoms with Crippen molar-refractivity contribution < 1.29 is 19.1 Å². The fraction of sp³-hybridized carbons (Fsp3) is 0.455. The number of hydrogen-bond acceptors (Lipinski definition) is 5. The summed E-state index contributed by atoms with van der Waals surface area (Å²) < 4.78 is 7.87. The molecule has 3 aromatic rings. The van der Waals surface area contributed by atoms with Crippen molar-refractivity contribution >= 4 is 29.3 Å². The van der Waals surface area contributed by atoms with Crippen LogP contribution < -0.4 is 4.74 Å². The van der Waals surface area contributed by atoms with Gasteiger partial charge < -0.3 is 19.4 Å². The van der Waals surface area contributed by atoms with Crippen LogP contribution in [-0.2, 0) is 17.8 Å². The van der Waals surface area contributed by atoms with E-state index in [1.54, 1.807) is 41.9 Å². The summed E-state index contributed by atoms with van der Waals surface area (Å²) in [6.07, 6.45) is 5.08. The normalized spacial score (nSPS) is 17.8. The van der Waals surface area contributed by atoms with Crippen LogP contribution in [-0.4, -0.2) is 88.6 Å². The molecule has 2 heterocycles. The molecule has 1 aromatic heterocycles. The van der Waals surface area contributed by atoms with Crippen molar-refractivity contribution in [2.45, 2.75) is 58.5 Å². The van der Waals surface area contributed by atoms with Crippen molar-refractivity contribution in [2.75, 3.05) is 40.3 Å². The number of aryl methyl sites for hydroxylation is 2. The van der Waals surface area contributed by atoms with Crippen molar-refractivity contribution in [1.29, 1.82) is 0 Å². The van der Waals surface area contributed by atoms with Crippen LogP contribution in [0.15, 0.2) is 54.7 Å². The predicted molar refractivity (Wildman–Crippen MR) is 168 cm³/mol. The Kier molecular flexibility index (Phi) is 11.2. The fourth-order valence-electron chi connectivity index (χ4n) is 5.33. The Balaban J connectivity index is 1.60. The maximum Gasteiger partial charge on any atom is 0.258 e. The molecule has 1 atom stereocenters. The van der Waals surface area contributed by atoms with E-state index in [2.05, 4.69) is 5.10 Å². The van der Waals surface area contributed by atoms with Crippen LogP contribution in [0.1, 0.15) is 64.6 Å². The zero-order valence-electron chi connectivity index (χ0n) is 25.6. The molecular weight excluding hydrogens is 566 g/mol. The number of carbonyl (C=O) groups is 3. The topological polar surface area (TPSA) is 88.0 Å². The highest BCUT2D eigenvalue weighted by molar-refractivity contribution is 6.31. The number of hydrogen-bond donors (Lipinski definition) is 0. The lowest BCUT2D eigenvalue weighted by molar-refractivity contribution is -0.134. The van der Waals surface area contributed by atoms with Gasteiger partial charge >= 0.3 is 0 Å². The lowest BCUT2D eigenvalue weighted by Crippen LogP contribution is -2.49. The minimum absolute atomic E-state index is 0.0319. The number of aromatic nitrogens is 2. The minimum Gasteiger partial charge on any atom is -0.493 e. The Morgan fingerprint density at radius 1 is 1.00 bits per heavy atom. The molecule has 0 spiro atoms. The highest BCUT2D eigenvalue weighted by Crippen LogP contribution is 2.26. The Morgan fingerprint density at radius 3 is 2.40 bits per heavy atom. The zero-order valence-corrected chi connectivity index (χ0v) is 26.3. The molecule has 0 N–H and O–H groups in total. The number of likely N-dealkylation sites (N-methyl/N-ethyl adjacent to an activating group) is 2. The van der Waals surface area contributed by atoms with Gasteiger partial charge in [0.1, 0.15) is 11.8 Å². The van der Waals surface area contributed by atoms with E-state index in [1.807, 2.05) is 55.3 Å². The van der Waals surface area contributed by atoms with Gasteiger partial charge in [0.15, 0.2) is 0 Å². The molecule has 4 rings (SSSR count). The molecule has 0 saturated carbocycles. The molecule has 0 bridgehead atoms. The van der Waals surface area contributed by atoms with Crippen LogP contribution >= 0.6 is 11.6 Å². The number of ether oxygens (including phenoxy) is 1. The largest absolute Gasteiger partial charge is 0.493 e. The number of benzene rings is 2. The average molecular weight is 608 g/mol. The third-order valence-corrected chi connectivity index (χ3v) is 8.17. The molecular formula is C33H42ClN5O4. The highest BCUT2D eigenvalue weighted by atomic mass is 35.5. The minimum atomic E-state index is -0.724. The van der Waals surface area contributed by atoms with Gasteiger partial charge in [-0.3, -0.25) is 19.1 Å². The van der Waals surface area contributed by atoms with E-state index in [-0.39, 0.29) is 17.7 Å². The van der Waals surface area contributed by atoms with E-state index in [9.17, 15) is 14.4 Å². The van der Waals surface area contributed by atoms with Crippen molar-refractivity contribution in [3.05, 3.63) is 82.1 Å². The predicted octanol–water partition coefficient (Wildman–Crippen LogP) is 5.10. The first-order chi connectivity index (χ1) is 20.7. The number of halogens is 1. The molecule has 10 heteroatoms. The van der Waals surface area contributed by atoms with E-state index < -0.39 is 6.04 Å². The van der Waals surface area contributed by atoms with Crippen molar-refractivity contribution in [2.24, 2.45) is 0 Å². The second-order valence-electron chi connectivity index (χ2n) is 11.1. The first-order valence-corrected chi connectivity index (χ1v) is 15.4. The van der Waals surface area contributed by atoms with Crippen LogP contribution in [0.2, 0.25) is 5.02 Å². The van der Waals surface area contributed by atoms with Gasteiger partial charge in [-0.05, 0) is 63.3 Å². The summed E-state index contributed by atoms with van der Waals surface area (Å²) in [5, 5.41) is 4.87. The Labute approximate surface area is 259 Å². The summed E-state index contributed by atoms with van der Waals surface area (Å²) in [5.41, 5.74) is 2.61. The van der Waals surface area contributed by atoms with E-state index >= 15 is 0 Å². The standard InChI is InChI=1S/C33H42ClN5O4/c1-5-39-23-28(24(2)35-39)32(41)38-18-10-9-17-36(3)33(42)29(21-25-13-7-6-8-14-25)37(4)31(40)27-22-26(34)15-16-30(27)43-20-12-11-19-38/h6-8,13-16,22-23,29H,5,9-12,17-21H2,1-4H3/t29-/m0/s1. The van der Waals surface area contributed by atoms with Gasteiger partial charge in [0.25, 0.3) is 11.8 Å². The first-order valence-electron chi connectivity index (χ1n) is 15.0. The van der Waals surface area contributed by atoms with Crippen LogP contribution in [0.25, 0.3) is 0 Å². The summed E-state index contributed by atoms with van der Waals surface area (Å²) in [7, 11) is 3.43. The summed E-state index contributed by atoms with van der Waals surface area (Å²) in [5.74, 6) is -0.0933. The number of nitrogens with zero attached hydrogens (tertiary/aromatic N) is 5. The van der Waals surface area contributed by atoms with Gasteiger partial charge in [0, 0.05) is 57.9 Å². The Morgan fingerprint density at radius 2 is 1.70 bits per heavy atom. The second-order valence-corrected chi connectivity index (χ2v) is 11.5. The van der Waals surface area contributed by atoms with E-state index in [1.165, 1.54) is 4.90 Å². The summed E-state index contributed by atoms with van der Waals surface area (Å²) in [6, 6.07) is 13.9. The summed E-state index contributed by atoms with van der Waals surface area (Å²) in [6.45, 7) is 6.58. The van der Waals surface area contributed by atoms with Gasteiger partial charge in [0.2, 0.25) is 5.91 Å². The van der Waals surface area contributed by atoms with Crippen LogP contribution in [0.3, 0.4) is 0 Å². The number of amides is 3. The van der Waals surface area contributed by atoms with E-state index in [4.69, 9.17) is 16.3 Å². The van der Waals surface area contributed by atoms with Crippen molar-refractivity contribution in [3.8, 4) is 5.75 Å². The van der Waals surface area contributed by atoms with E-state index in [0.717, 1.165) is 30.5 Å². The molecule has 3 amide bonds. The third kappa shape index (κ3) is 8.16. The van der Waals surface area contributed by atoms with Gasteiger partial charge in [0.05, 0.1) is 23.4 Å². The van der Waals surface area contributed by atoms with Crippen LogP contribution in [0, 0.1) is 6.92 Å². The zero-order chi connectivity index (χ0) is 30.9. The molecule has 1 aliphatic heterocycles. The number of carbonyl (C=O) groups excluding carboxylic acids is 3. The maximum atomic E-state index is 13.9. The van der Waals surface area contributed by atoms with Gasteiger partial charge in [-0.15, -0.1) is 0 Å². The molecule has 0 unspecified atom stereocenters. The molecule has 0 saturated heterocycles. The number of rotatable bonds is 4. The van der Waals surface area contributed by atoms with Crippen LogP contribution in [0.5, 0.6) is 5.75 Å². The van der Waals surface area contributed by atoms with Gasteiger partial charge in [-0.25, -0.2) is 0 Å². The second kappa shape index (κ2) is 15.0. The first kappa shape index (κ1) is 32.1. The smallest absolute Gasteiger partial charge is 0.258 e. The molecule has 43 heavy (non-hydrogen) atoms. The quantitative estimate of drug-likeness (QED) is 0.412. The highest BCUT2D eigenvalue weighted by Gasteiger charge is 2.31. The lowest BCUT2D eigenvalue weighted by atomic mass is 10.0. The van der Waals surface area contributed by atoms with Crippen molar-refractivity contribution in [1.82, 2.24) is 24.5 Å². The molecule has 9 nitrogen and oxygen atoms in total. The van der Waals surface area contributed by atoms with Gasteiger partial charge in [-0.2, -0.15) is 5.10 Å². The molecule has 0 fully saturated rings. The molecule has 0 aliphatic carbocycles. The monoisotopic (exact) mass is 607 g/mol. The average Bonchev–Trinajstić information content (AvgIpc) is 3.40. The van der Waals surface area contributed by atoms with Crippen molar-refractivity contribution in [3.63, 3.8) is 0 Å². The Hall–Kier alpha value is -3.85. The SMILES string of the molecule is CCn1cc(C(=O)N2CCCCOc3ccc(Cl)cc3C(=O)N(C)[C@@H](Cc3ccccc3)C(=O)N(C)CCCC2)c(C)n1.